The highest BCUT2D eigenvalue weighted by atomic mass is 35.5. The normalized spacial score (nSPS) is 23.3. The van der Waals surface area contributed by atoms with E-state index in [1.165, 1.54) is 29.7 Å². The molecule has 176 valence electrons. The molecule has 0 spiro atoms. The number of thiophene rings is 1. The van der Waals surface area contributed by atoms with Crippen molar-refractivity contribution in [3.8, 4) is 5.69 Å². The number of carbonyl (C=O) groups excluding carboxylic acids is 1. The molecule has 6 rings (SSSR count). The summed E-state index contributed by atoms with van der Waals surface area (Å²) in [7, 11) is 0. The maximum absolute atomic E-state index is 13.5. The predicted octanol–water partition coefficient (Wildman–Crippen LogP) is 6.49. The van der Waals surface area contributed by atoms with Gasteiger partial charge in [0.15, 0.2) is 5.69 Å². The minimum absolute atomic E-state index is 0.127. The number of hydrogen-bond donors (Lipinski definition) is 1. The van der Waals surface area contributed by atoms with E-state index in [1.807, 2.05) is 16.8 Å². The van der Waals surface area contributed by atoms with Crippen molar-refractivity contribution in [2.75, 3.05) is 13.1 Å². The van der Waals surface area contributed by atoms with Crippen molar-refractivity contribution in [2.24, 2.45) is 11.8 Å². The van der Waals surface area contributed by atoms with Gasteiger partial charge in [-0.1, -0.05) is 35.7 Å². The first-order valence-corrected chi connectivity index (χ1v) is 13.6. The second kappa shape index (κ2) is 9.15. The SMILES string of the molecule is O=C(NN1CC2CCCC2C1)c1nn(-c2ccc(Cl)cc2Cl)c2c1CCC/C2=C\c1cccs1. The number of aromatic nitrogens is 2. The van der Waals surface area contributed by atoms with E-state index in [2.05, 4.69) is 34.0 Å². The lowest BCUT2D eigenvalue weighted by atomic mass is 9.90. The molecule has 1 saturated carbocycles. The van der Waals surface area contributed by atoms with E-state index in [1.54, 1.807) is 17.4 Å². The molecule has 8 heteroatoms. The lowest BCUT2D eigenvalue weighted by Crippen LogP contribution is -2.41. The highest BCUT2D eigenvalue weighted by molar-refractivity contribution is 7.10. The first-order chi connectivity index (χ1) is 16.6. The number of fused-ring (bicyclic) bond motifs is 2. The Bertz CT molecular complexity index is 1250. The Kier molecular flexibility index (Phi) is 6.02. The van der Waals surface area contributed by atoms with Crippen LogP contribution in [0.15, 0.2) is 35.7 Å². The topological polar surface area (TPSA) is 50.2 Å². The molecule has 2 fully saturated rings. The fourth-order valence-electron chi connectivity index (χ4n) is 5.81. The number of nitrogens with one attached hydrogen (secondary N) is 1. The lowest BCUT2D eigenvalue weighted by Gasteiger charge is -2.20. The smallest absolute Gasteiger partial charge is 0.283 e. The molecule has 1 N–H and O–H groups in total. The van der Waals surface area contributed by atoms with Gasteiger partial charge in [-0.05, 0) is 85.2 Å². The van der Waals surface area contributed by atoms with E-state index >= 15 is 0 Å². The second-order valence-corrected chi connectivity index (χ2v) is 11.3. The van der Waals surface area contributed by atoms with Crippen molar-refractivity contribution in [3.05, 3.63) is 67.6 Å². The number of benzene rings is 1. The van der Waals surface area contributed by atoms with Crippen LogP contribution in [0.5, 0.6) is 0 Å². The molecule has 5 nitrogen and oxygen atoms in total. The molecule has 2 aliphatic carbocycles. The second-order valence-electron chi connectivity index (χ2n) is 9.52. The number of nitrogens with zero attached hydrogens (tertiary/aromatic N) is 3. The van der Waals surface area contributed by atoms with Crippen molar-refractivity contribution in [3.63, 3.8) is 0 Å². The van der Waals surface area contributed by atoms with Gasteiger partial charge in [0, 0.05) is 28.6 Å². The molecule has 1 aromatic carbocycles. The lowest BCUT2D eigenvalue weighted by molar-refractivity contribution is 0.0807. The summed E-state index contributed by atoms with van der Waals surface area (Å²) in [6, 6.07) is 9.57. The molecular weight excluding hydrogens is 487 g/mol. The summed E-state index contributed by atoms with van der Waals surface area (Å²) in [5, 5.41) is 10.1. The Morgan fingerprint density at radius 3 is 2.68 bits per heavy atom. The first kappa shape index (κ1) is 22.4. The van der Waals surface area contributed by atoms with E-state index < -0.39 is 0 Å². The molecule has 0 radical (unpaired) electrons. The standard InChI is InChI=1S/C26H26Cl2N4OS/c27-19-9-10-23(22(28)13-19)32-25-16(12-20-7-3-11-34-20)4-2-8-21(25)24(29-32)26(33)30-31-14-17-5-1-6-18(17)15-31/h3,7,9-13,17-18H,1-2,4-6,8,14-15H2,(H,30,33)/b16-12+. The van der Waals surface area contributed by atoms with Gasteiger partial charge < -0.3 is 0 Å². The van der Waals surface area contributed by atoms with Crippen LogP contribution in [0.25, 0.3) is 17.3 Å². The van der Waals surface area contributed by atoms with Crippen molar-refractivity contribution in [1.29, 1.82) is 0 Å². The number of hydrogen-bond acceptors (Lipinski definition) is 4. The molecule has 2 atom stereocenters. The van der Waals surface area contributed by atoms with Crippen LogP contribution in [0.1, 0.15) is 58.7 Å². The van der Waals surface area contributed by atoms with Gasteiger partial charge in [-0.25, -0.2) is 9.69 Å². The van der Waals surface area contributed by atoms with Crippen molar-refractivity contribution < 1.29 is 4.79 Å². The third kappa shape index (κ3) is 4.11. The number of halogens is 2. The summed E-state index contributed by atoms with van der Waals surface area (Å²) >= 11 is 14.5. The predicted molar refractivity (Wildman–Crippen MR) is 139 cm³/mol. The average molecular weight is 513 g/mol. The Morgan fingerprint density at radius 1 is 1.12 bits per heavy atom. The molecule has 1 amide bonds. The van der Waals surface area contributed by atoms with E-state index in [9.17, 15) is 4.79 Å². The van der Waals surface area contributed by atoms with Crippen LogP contribution >= 0.6 is 34.5 Å². The largest absolute Gasteiger partial charge is 0.286 e. The van der Waals surface area contributed by atoms with Crippen LogP contribution in [-0.2, 0) is 6.42 Å². The van der Waals surface area contributed by atoms with Crippen LogP contribution < -0.4 is 5.43 Å². The van der Waals surface area contributed by atoms with Crippen LogP contribution in [0.4, 0.5) is 0 Å². The number of rotatable bonds is 4. The minimum atomic E-state index is -0.127. The summed E-state index contributed by atoms with van der Waals surface area (Å²) in [6.07, 6.45) is 8.80. The summed E-state index contributed by atoms with van der Waals surface area (Å²) in [6.45, 7) is 1.87. The zero-order valence-corrected chi connectivity index (χ0v) is 21.1. The average Bonchev–Trinajstić information content (AvgIpc) is 3.58. The first-order valence-electron chi connectivity index (χ1n) is 11.9. The summed E-state index contributed by atoms with van der Waals surface area (Å²) in [5.41, 5.74) is 7.55. The molecule has 2 unspecified atom stereocenters. The van der Waals surface area contributed by atoms with E-state index in [4.69, 9.17) is 28.3 Å². The fourth-order valence-corrected chi connectivity index (χ4v) is 6.98. The monoisotopic (exact) mass is 512 g/mol. The van der Waals surface area contributed by atoms with Gasteiger partial charge in [-0.3, -0.25) is 10.2 Å². The molecule has 1 aliphatic heterocycles. The van der Waals surface area contributed by atoms with E-state index in [0.29, 0.717) is 27.6 Å². The van der Waals surface area contributed by atoms with Gasteiger partial charge in [0.05, 0.1) is 16.4 Å². The summed E-state index contributed by atoms with van der Waals surface area (Å²) in [4.78, 5) is 14.7. The number of amides is 1. The zero-order chi connectivity index (χ0) is 23.2. The molecule has 0 bridgehead atoms. The summed E-state index contributed by atoms with van der Waals surface area (Å²) in [5.74, 6) is 1.29. The number of allylic oxidation sites excluding steroid dienone is 1. The highest BCUT2D eigenvalue weighted by Crippen LogP contribution is 2.39. The Hall–Kier alpha value is -2.12. The van der Waals surface area contributed by atoms with Gasteiger partial charge in [-0.2, -0.15) is 5.10 Å². The van der Waals surface area contributed by atoms with E-state index in [0.717, 1.165) is 49.3 Å². The Morgan fingerprint density at radius 2 is 1.94 bits per heavy atom. The third-order valence-corrected chi connectivity index (χ3v) is 8.72. The van der Waals surface area contributed by atoms with Gasteiger partial charge in [0.1, 0.15) is 0 Å². The number of hydrazine groups is 1. The molecule has 34 heavy (non-hydrogen) atoms. The van der Waals surface area contributed by atoms with Crippen molar-refractivity contribution >= 4 is 52.1 Å². The molecule has 3 aliphatic rings. The maximum atomic E-state index is 13.5. The van der Waals surface area contributed by atoms with Crippen LogP contribution in [0.2, 0.25) is 10.0 Å². The van der Waals surface area contributed by atoms with Crippen LogP contribution in [0.3, 0.4) is 0 Å². The fraction of sp³-hybridized carbons (Fsp3) is 0.385. The molecule has 3 aromatic rings. The van der Waals surface area contributed by atoms with Crippen molar-refractivity contribution in [2.45, 2.75) is 38.5 Å². The summed E-state index contributed by atoms with van der Waals surface area (Å²) < 4.78 is 1.85. The Balaban J connectivity index is 1.41. The Labute approximate surface area is 213 Å². The zero-order valence-electron chi connectivity index (χ0n) is 18.8. The molecule has 2 aromatic heterocycles. The van der Waals surface area contributed by atoms with Gasteiger partial charge in [0.2, 0.25) is 0 Å². The van der Waals surface area contributed by atoms with Gasteiger partial charge in [-0.15, -0.1) is 11.3 Å². The quantitative estimate of drug-likeness (QED) is 0.434. The maximum Gasteiger partial charge on any atom is 0.286 e. The van der Waals surface area contributed by atoms with Crippen LogP contribution in [0, 0.1) is 11.8 Å². The molecule has 3 heterocycles. The molecule has 1 saturated heterocycles. The van der Waals surface area contributed by atoms with Crippen LogP contribution in [-0.4, -0.2) is 33.8 Å². The third-order valence-electron chi connectivity index (χ3n) is 7.36. The molecular formula is C26H26Cl2N4OS. The highest BCUT2D eigenvalue weighted by Gasteiger charge is 2.37. The van der Waals surface area contributed by atoms with Gasteiger partial charge in [0.25, 0.3) is 5.91 Å². The van der Waals surface area contributed by atoms with E-state index in [-0.39, 0.29) is 5.91 Å². The van der Waals surface area contributed by atoms with Crippen molar-refractivity contribution in [1.82, 2.24) is 20.2 Å². The minimum Gasteiger partial charge on any atom is -0.283 e. The number of carbonyl (C=O) groups is 1. The van der Waals surface area contributed by atoms with Gasteiger partial charge >= 0.3 is 0 Å².